The fourth-order valence-electron chi connectivity index (χ4n) is 14.1. The standard InChI is InChI=1S/C82H126F2N2O2S2Te2/c1-7-11-15-19-23-27-29-33-37-41-49-67(47-39-35-31-25-21-17-13-9-3)51-43-45-59-85-76-64-72(78-57-58-79(92-78)80-74(84)62-70(90-80)55-54-69-61-73(83)66(6)89-69)82(88)86(75(76)63-71(81(85)87)77-56-53-65(5)91-77)60-46-44-52-68(48-40-36-32-26-22-18-14-10-4)50-42-38-34-30-28-24-20-16-12-8-2/h53-58,61-64,67-68H,7-52,59-60H2,1-6H3/b55-54+. The minimum absolute atomic E-state index is 0.0242. The number of thiophene rings is 2. The van der Waals surface area contributed by atoms with Crippen molar-refractivity contribution in [2.75, 3.05) is 0 Å². The molecule has 0 fully saturated rings. The molecule has 0 bridgehead atoms. The zero-order valence-corrected chi connectivity index (χ0v) is 65.3. The van der Waals surface area contributed by atoms with Crippen LogP contribution in [0.2, 0.25) is 0 Å². The summed E-state index contributed by atoms with van der Waals surface area (Å²) in [4.78, 5) is 33.8. The molecule has 92 heavy (non-hydrogen) atoms. The van der Waals surface area contributed by atoms with E-state index in [0.717, 1.165) is 71.0 Å². The number of hydrogen-bond acceptors (Lipinski definition) is 4. The van der Waals surface area contributed by atoms with E-state index in [4.69, 9.17) is 0 Å². The van der Waals surface area contributed by atoms with Crippen LogP contribution < -0.4 is 11.1 Å². The number of aryl methyl sites for hydroxylation is 4. The van der Waals surface area contributed by atoms with Crippen molar-refractivity contribution < 1.29 is 8.78 Å². The Balaban J connectivity index is 1.26. The van der Waals surface area contributed by atoms with E-state index in [1.807, 2.05) is 12.2 Å². The molecule has 10 heteroatoms. The van der Waals surface area contributed by atoms with Gasteiger partial charge in [0.2, 0.25) is 0 Å². The maximum absolute atomic E-state index is 16.0. The van der Waals surface area contributed by atoms with Crippen molar-refractivity contribution >= 4 is 86.7 Å². The number of rotatable bonds is 55. The van der Waals surface area contributed by atoms with Gasteiger partial charge in [-0.2, -0.15) is 0 Å². The number of hydrogen-bond donors (Lipinski definition) is 0. The molecule has 0 saturated carbocycles. The van der Waals surface area contributed by atoms with Crippen molar-refractivity contribution in [1.29, 1.82) is 0 Å². The Morgan fingerprint density at radius 1 is 0.380 bits per heavy atom. The Morgan fingerprint density at radius 3 is 1.04 bits per heavy atom. The van der Waals surface area contributed by atoms with Crippen LogP contribution in [0.5, 0.6) is 0 Å². The number of pyridine rings is 2. The molecule has 6 heterocycles. The molecule has 0 amide bonds. The van der Waals surface area contributed by atoms with E-state index < -0.39 is 40.9 Å². The first-order valence-corrected chi connectivity index (χ1v) is 44.6. The van der Waals surface area contributed by atoms with Crippen molar-refractivity contribution in [1.82, 2.24) is 9.13 Å². The van der Waals surface area contributed by atoms with Gasteiger partial charge in [0.15, 0.2) is 0 Å². The molecule has 4 nitrogen and oxygen atoms in total. The Hall–Kier alpha value is -2.30. The molecule has 6 aromatic heterocycles. The predicted octanol–water partition coefficient (Wildman–Crippen LogP) is 26.7. The van der Waals surface area contributed by atoms with E-state index >= 15 is 14.0 Å². The Labute approximate surface area is 587 Å². The van der Waals surface area contributed by atoms with Gasteiger partial charge in [0, 0.05) is 0 Å². The molecule has 0 saturated heterocycles. The summed E-state index contributed by atoms with van der Waals surface area (Å²) in [7, 11) is 0. The molecule has 0 aliphatic rings. The summed E-state index contributed by atoms with van der Waals surface area (Å²) in [6.07, 6.45) is 64.5. The van der Waals surface area contributed by atoms with E-state index in [9.17, 15) is 4.39 Å². The molecular weight excluding hydrogens is 1400 g/mol. The average molecular weight is 1530 g/mol. The summed E-state index contributed by atoms with van der Waals surface area (Å²) in [5, 5.41) is 0. The molecule has 6 rings (SSSR count). The van der Waals surface area contributed by atoms with Crippen LogP contribution in [0.4, 0.5) is 8.78 Å². The number of fused-ring (bicyclic) bond motifs is 1. The zero-order chi connectivity index (χ0) is 65.4. The summed E-state index contributed by atoms with van der Waals surface area (Å²) >= 11 is 0.967. The van der Waals surface area contributed by atoms with E-state index in [1.165, 1.54) is 306 Å². The SMILES string of the molecule is CCCCCCCCCCCCC(CCCCCCCCCC)CCCCn1c(=O)c(-c2ccc(C)[te]2)cc2c1cc(-c1ccc(-c3sc(/C=C/c4cc(F)c(C)s4)cc3F)[te]1)c(=O)n2CCCCC(CCCCCCCCCC)CCCCCCCCCCCC. The predicted molar refractivity (Wildman–Crippen MR) is 405 cm³/mol. The van der Waals surface area contributed by atoms with E-state index in [-0.39, 0.29) is 22.8 Å². The molecule has 0 aromatic carbocycles. The summed E-state index contributed by atoms with van der Waals surface area (Å²) < 4.78 is 39.0. The minimum Gasteiger partial charge on any atom is -0.0654 e. The first kappa shape index (κ1) is 78.7. The molecule has 2 unspecified atom stereocenters. The zero-order valence-electron chi connectivity index (χ0n) is 59.0. The monoisotopic (exact) mass is 1530 g/mol. The number of unbranched alkanes of at least 4 members (excludes halogenated alkanes) is 34. The van der Waals surface area contributed by atoms with Gasteiger partial charge in [0.1, 0.15) is 0 Å². The van der Waals surface area contributed by atoms with Crippen molar-refractivity contribution in [3.63, 3.8) is 0 Å². The smallest absolute Gasteiger partial charge is 0.0654 e. The van der Waals surface area contributed by atoms with Crippen LogP contribution in [0, 0.1) is 37.3 Å². The molecule has 2 atom stereocenters. The topological polar surface area (TPSA) is 44.0 Å². The summed E-state index contributed by atoms with van der Waals surface area (Å²) in [6.45, 7) is 14.5. The first-order valence-electron chi connectivity index (χ1n) is 38.3. The van der Waals surface area contributed by atoms with Gasteiger partial charge in [-0.25, -0.2) is 0 Å². The fraction of sp³-hybridized carbons (Fsp3) is 0.683. The molecule has 514 valence electrons. The molecular formula is C82H126F2N2O2S2Te2. The molecule has 0 spiro atoms. The van der Waals surface area contributed by atoms with Crippen molar-refractivity contribution in [3.05, 3.63) is 99.1 Å². The van der Waals surface area contributed by atoms with Crippen LogP contribution in [-0.2, 0) is 13.1 Å². The van der Waals surface area contributed by atoms with Gasteiger partial charge < -0.3 is 0 Å². The van der Waals surface area contributed by atoms with Gasteiger partial charge in [-0.05, 0) is 0 Å². The fourth-order valence-corrected chi connectivity index (χ4v) is 21.6. The van der Waals surface area contributed by atoms with Crippen LogP contribution >= 0.6 is 22.7 Å². The second kappa shape index (κ2) is 47.6. The van der Waals surface area contributed by atoms with Gasteiger partial charge in [0.05, 0.1) is 0 Å². The Bertz CT molecular complexity index is 3040. The van der Waals surface area contributed by atoms with Crippen molar-refractivity contribution in [2.24, 2.45) is 11.8 Å². The summed E-state index contributed by atoms with van der Waals surface area (Å²) in [6, 6.07) is 15.9. The second-order valence-electron chi connectivity index (χ2n) is 27.8. The van der Waals surface area contributed by atoms with Crippen LogP contribution in [0.25, 0.3) is 49.9 Å². The molecule has 0 aliphatic heterocycles. The summed E-state index contributed by atoms with van der Waals surface area (Å²) in [5.74, 6) is 0.988. The van der Waals surface area contributed by atoms with Gasteiger partial charge in [-0.3, -0.25) is 0 Å². The average Bonchev–Trinajstić information content (AvgIpc) is 1.000. The summed E-state index contributed by atoms with van der Waals surface area (Å²) in [5.41, 5.74) is 3.36. The molecule has 6 aromatic rings. The van der Waals surface area contributed by atoms with E-state index in [0.29, 0.717) is 28.4 Å². The van der Waals surface area contributed by atoms with Gasteiger partial charge in [-0.1, -0.05) is 207 Å². The molecule has 0 aliphatic carbocycles. The third-order valence-electron chi connectivity index (χ3n) is 19.8. The molecule has 0 radical (unpaired) electrons. The van der Waals surface area contributed by atoms with Gasteiger partial charge in [0.25, 0.3) is 0 Å². The van der Waals surface area contributed by atoms with E-state index in [1.54, 1.807) is 13.0 Å². The second-order valence-corrected chi connectivity index (χ2v) is 36.9. The van der Waals surface area contributed by atoms with Crippen LogP contribution in [-0.4, -0.2) is 50.0 Å². The minimum atomic E-state index is -1.17. The van der Waals surface area contributed by atoms with Gasteiger partial charge >= 0.3 is 385 Å². The van der Waals surface area contributed by atoms with Gasteiger partial charge in [-0.15, -0.1) is 0 Å². The van der Waals surface area contributed by atoms with Crippen LogP contribution in [0.15, 0.2) is 58.1 Å². The molecule has 0 N–H and O–H groups in total. The number of aromatic nitrogens is 2. The van der Waals surface area contributed by atoms with E-state index in [2.05, 4.69) is 80.2 Å². The number of nitrogens with zero attached hydrogens (tertiary/aromatic N) is 2. The van der Waals surface area contributed by atoms with Crippen molar-refractivity contribution in [3.8, 4) is 26.7 Å². The van der Waals surface area contributed by atoms with Crippen LogP contribution in [0.3, 0.4) is 0 Å². The third kappa shape index (κ3) is 29.0. The maximum atomic E-state index is 16.0. The third-order valence-corrected chi connectivity index (χ3v) is 28.5. The number of halogens is 2. The first-order chi connectivity index (χ1) is 45.0. The Morgan fingerprint density at radius 2 is 0.696 bits per heavy atom. The van der Waals surface area contributed by atoms with Crippen molar-refractivity contribution in [2.45, 2.75) is 350 Å². The van der Waals surface area contributed by atoms with Crippen LogP contribution in [0.1, 0.15) is 341 Å². The quantitative estimate of drug-likeness (QED) is 0.0282. The normalized spacial score (nSPS) is 12.7. The Kier molecular flexibility index (Phi) is 40.7.